The Morgan fingerprint density at radius 2 is 1.89 bits per heavy atom. The maximum Gasteiger partial charge on any atom is 0.304 e. The van der Waals surface area contributed by atoms with Crippen LogP contribution in [-0.2, 0) is 17.9 Å². The van der Waals surface area contributed by atoms with Crippen molar-refractivity contribution >= 4 is 17.7 Å². The van der Waals surface area contributed by atoms with Gasteiger partial charge in [-0.1, -0.05) is 48.7 Å². The Bertz CT molecular complexity index is 799. The third-order valence-corrected chi connectivity index (χ3v) is 6.78. The first-order valence-corrected chi connectivity index (χ1v) is 11.1. The summed E-state index contributed by atoms with van der Waals surface area (Å²) in [6.07, 6.45) is 5.53. The van der Waals surface area contributed by atoms with Crippen LogP contribution in [0.2, 0.25) is 0 Å². The molecular formula is C24H31NO2S. The predicted octanol–water partition coefficient (Wildman–Crippen LogP) is 5.82. The Morgan fingerprint density at radius 1 is 1.11 bits per heavy atom. The van der Waals surface area contributed by atoms with Crippen molar-refractivity contribution in [3.05, 3.63) is 64.7 Å². The fourth-order valence-electron chi connectivity index (χ4n) is 3.85. The maximum absolute atomic E-state index is 11.1. The van der Waals surface area contributed by atoms with Gasteiger partial charge >= 0.3 is 5.97 Å². The largest absolute Gasteiger partial charge is 0.481 e. The fourth-order valence-corrected chi connectivity index (χ4v) is 5.18. The molecule has 1 N–H and O–H groups in total. The van der Waals surface area contributed by atoms with E-state index in [0.717, 1.165) is 18.3 Å². The second kappa shape index (κ2) is 10.1. The van der Waals surface area contributed by atoms with E-state index in [-0.39, 0.29) is 6.42 Å². The van der Waals surface area contributed by atoms with Gasteiger partial charge in [0, 0.05) is 29.8 Å². The summed E-state index contributed by atoms with van der Waals surface area (Å²) in [7, 11) is 0. The van der Waals surface area contributed by atoms with E-state index in [1.165, 1.54) is 52.8 Å². The van der Waals surface area contributed by atoms with Crippen molar-refractivity contribution in [1.29, 1.82) is 0 Å². The van der Waals surface area contributed by atoms with Crippen LogP contribution in [0.1, 0.15) is 54.4 Å². The van der Waals surface area contributed by atoms with Gasteiger partial charge < -0.3 is 5.11 Å². The molecule has 0 bridgehead atoms. The molecule has 0 unspecified atom stereocenters. The number of carbonyl (C=O) groups is 1. The Morgan fingerprint density at radius 3 is 2.64 bits per heavy atom. The standard InChI is InChI=1S/C24H31NO2S/c1-18-10-11-19(2)21(14-18)17-25(13-12-24(26)27)16-20-6-5-9-23(15-20)28-22-7-3-4-8-22/h5-6,9-11,14-15,22H,3-4,7-8,12-13,16-17H2,1-2H3,(H,26,27). The quantitative estimate of drug-likeness (QED) is 0.579. The molecule has 0 aliphatic heterocycles. The van der Waals surface area contributed by atoms with E-state index in [0.29, 0.717) is 6.54 Å². The second-order valence-corrected chi connectivity index (χ2v) is 9.33. The molecule has 0 aromatic heterocycles. The average Bonchev–Trinajstić information content (AvgIpc) is 3.16. The van der Waals surface area contributed by atoms with Gasteiger partial charge in [0.1, 0.15) is 0 Å². The molecule has 1 fully saturated rings. The van der Waals surface area contributed by atoms with Crippen molar-refractivity contribution in [3.63, 3.8) is 0 Å². The van der Waals surface area contributed by atoms with Crippen LogP contribution < -0.4 is 0 Å². The van der Waals surface area contributed by atoms with Crippen molar-refractivity contribution in [2.24, 2.45) is 0 Å². The third kappa shape index (κ3) is 6.39. The number of aliphatic carboxylic acids is 1. The molecule has 1 aliphatic carbocycles. The molecule has 150 valence electrons. The average molecular weight is 398 g/mol. The molecular weight excluding hydrogens is 366 g/mol. The number of rotatable bonds is 9. The molecule has 3 rings (SSSR count). The minimum Gasteiger partial charge on any atom is -0.481 e. The second-order valence-electron chi connectivity index (χ2n) is 7.96. The first-order chi connectivity index (χ1) is 13.5. The van der Waals surface area contributed by atoms with Gasteiger partial charge in [0.25, 0.3) is 0 Å². The van der Waals surface area contributed by atoms with Crippen molar-refractivity contribution in [1.82, 2.24) is 4.90 Å². The molecule has 0 amide bonds. The molecule has 0 heterocycles. The summed E-state index contributed by atoms with van der Waals surface area (Å²) in [5.41, 5.74) is 5.05. The zero-order valence-electron chi connectivity index (χ0n) is 17.0. The minimum absolute atomic E-state index is 0.168. The van der Waals surface area contributed by atoms with E-state index in [1.807, 2.05) is 11.8 Å². The number of nitrogens with zero attached hydrogens (tertiary/aromatic N) is 1. The van der Waals surface area contributed by atoms with Crippen LogP contribution in [0.25, 0.3) is 0 Å². The Kier molecular flexibility index (Phi) is 7.57. The fraction of sp³-hybridized carbons (Fsp3) is 0.458. The van der Waals surface area contributed by atoms with Crippen LogP contribution in [0.15, 0.2) is 47.4 Å². The molecule has 2 aromatic carbocycles. The van der Waals surface area contributed by atoms with E-state index in [1.54, 1.807) is 0 Å². The number of aryl methyl sites for hydroxylation is 2. The molecule has 3 nitrogen and oxygen atoms in total. The summed E-state index contributed by atoms with van der Waals surface area (Å²) in [5, 5.41) is 9.92. The lowest BCUT2D eigenvalue weighted by Gasteiger charge is -2.23. The molecule has 0 radical (unpaired) electrons. The zero-order valence-corrected chi connectivity index (χ0v) is 17.8. The van der Waals surface area contributed by atoms with Gasteiger partial charge in [0.05, 0.1) is 6.42 Å². The number of benzene rings is 2. The van der Waals surface area contributed by atoms with Gasteiger partial charge in [0.2, 0.25) is 0 Å². The maximum atomic E-state index is 11.1. The minimum atomic E-state index is -0.739. The van der Waals surface area contributed by atoms with Crippen LogP contribution in [0.5, 0.6) is 0 Å². The molecule has 0 atom stereocenters. The molecule has 0 saturated heterocycles. The van der Waals surface area contributed by atoms with Gasteiger partial charge in [-0.15, -0.1) is 11.8 Å². The van der Waals surface area contributed by atoms with Crippen molar-refractivity contribution in [2.75, 3.05) is 6.54 Å². The van der Waals surface area contributed by atoms with Crippen LogP contribution in [0.4, 0.5) is 0 Å². The van der Waals surface area contributed by atoms with Crippen LogP contribution in [0.3, 0.4) is 0 Å². The Balaban J connectivity index is 1.71. The summed E-state index contributed by atoms with van der Waals surface area (Å²) >= 11 is 2.01. The topological polar surface area (TPSA) is 40.5 Å². The van der Waals surface area contributed by atoms with E-state index in [4.69, 9.17) is 5.11 Å². The lowest BCUT2D eigenvalue weighted by molar-refractivity contribution is -0.137. The van der Waals surface area contributed by atoms with Crippen molar-refractivity contribution in [2.45, 2.75) is 69.2 Å². The monoisotopic (exact) mass is 397 g/mol. The van der Waals surface area contributed by atoms with Gasteiger partial charge in [-0.05, 0) is 55.5 Å². The van der Waals surface area contributed by atoms with Crippen LogP contribution in [0, 0.1) is 13.8 Å². The molecule has 0 spiro atoms. The summed E-state index contributed by atoms with van der Waals surface area (Å²) in [5.74, 6) is -0.739. The lowest BCUT2D eigenvalue weighted by atomic mass is 10.0. The summed E-state index contributed by atoms with van der Waals surface area (Å²) in [6, 6.07) is 15.3. The molecule has 28 heavy (non-hydrogen) atoms. The number of hydrogen-bond donors (Lipinski definition) is 1. The Hall–Kier alpha value is -1.78. The van der Waals surface area contributed by atoms with Crippen molar-refractivity contribution in [3.8, 4) is 0 Å². The van der Waals surface area contributed by atoms with Gasteiger partial charge in [-0.25, -0.2) is 0 Å². The molecule has 1 saturated carbocycles. The molecule has 2 aromatic rings. The predicted molar refractivity (Wildman–Crippen MR) is 117 cm³/mol. The number of carboxylic acids is 1. The summed E-state index contributed by atoms with van der Waals surface area (Å²) in [6.45, 7) is 6.35. The van der Waals surface area contributed by atoms with Crippen LogP contribution in [-0.4, -0.2) is 27.8 Å². The molecule has 4 heteroatoms. The van der Waals surface area contributed by atoms with E-state index in [2.05, 4.69) is 61.2 Å². The zero-order chi connectivity index (χ0) is 19.9. The first-order valence-electron chi connectivity index (χ1n) is 10.3. The highest BCUT2D eigenvalue weighted by Crippen LogP contribution is 2.35. The highest BCUT2D eigenvalue weighted by atomic mass is 32.2. The van der Waals surface area contributed by atoms with E-state index >= 15 is 0 Å². The molecule has 1 aliphatic rings. The van der Waals surface area contributed by atoms with Gasteiger partial charge in [-0.3, -0.25) is 9.69 Å². The Labute approximate surface area is 173 Å². The van der Waals surface area contributed by atoms with E-state index in [9.17, 15) is 4.79 Å². The first kappa shape index (κ1) is 20.9. The van der Waals surface area contributed by atoms with E-state index < -0.39 is 5.97 Å². The lowest BCUT2D eigenvalue weighted by Crippen LogP contribution is -2.26. The third-order valence-electron chi connectivity index (χ3n) is 5.45. The highest BCUT2D eigenvalue weighted by Gasteiger charge is 2.17. The van der Waals surface area contributed by atoms with Crippen molar-refractivity contribution < 1.29 is 9.90 Å². The number of hydrogen-bond acceptors (Lipinski definition) is 3. The highest BCUT2D eigenvalue weighted by molar-refractivity contribution is 8.00. The number of carboxylic acid groups (broad SMARTS) is 1. The summed E-state index contributed by atoms with van der Waals surface area (Å²) in [4.78, 5) is 14.7. The van der Waals surface area contributed by atoms with Gasteiger partial charge in [0.15, 0.2) is 0 Å². The summed E-state index contributed by atoms with van der Waals surface area (Å²) < 4.78 is 0. The van der Waals surface area contributed by atoms with Gasteiger partial charge in [-0.2, -0.15) is 0 Å². The van der Waals surface area contributed by atoms with Crippen LogP contribution >= 0.6 is 11.8 Å². The number of thioether (sulfide) groups is 1. The normalized spacial score (nSPS) is 14.7. The SMILES string of the molecule is Cc1ccc(C)c(CN(CCC(=O)O)Cc2cccc(SC3CCCC3)c2)c1. The smallest absolute Gasteiger partial charge is 0.304 e.